The minimum Gasteiger partial charge on any atom is -0.384 e. The number of carbonyl (C=O) groups is 2. The van der Waals surface area contributed by atoms with Crippen LogP contribution in [0.5, 0.6) is 0 Å². The second kappa shape index (κ2) is 12.4. The molecule has 8 nitrogen and oxygen atoms in total. The maximum absolute atomic E-state index is 13.0. The lowest BCUT2D eigenvalue weighted by molar-refractivity contribution is -0.116. The van der Waals surface area contributed by atoms with E-state index in [-0.39, 0.29) is 22.0 Å². The molecule has 1 aromatic carbocycles. The Morgan fingerprint density at radius 3 is 2.36 bits per heavy atom. The fraction of sp³-hybridized carbons (Fsp3) is 0.222. The smallest absolute Gasteiger partial charge is 0.282 e. The highest BCUT2D eigenvalue weighted by atomic mass is 35.5. The number of benzene rings is 1. The van der Waals surface area contributed by atoms with Gasteiger partial charge in [0.25, 0.3) is 11.8 Å². The highest BCUT2D eigenvalue weighted by molar-refractivity contribution is 7.95. The topological polar surface area (TPSA) is 122 Å². The first-order valence-electron chi connectivity index (χ1n) is 11.7. The van der Waals surface area contributed by atoms with E-state index in [0.717, 1.165) is 4.90 Å². The number of hydrogen-bond donors (Lipinski definition) is 2. The Morgan fingerprint density at radius 2 is 1.79 bits per heavy atom. The number of anilines is 1. The van der Waals surface area contributed by atoms with Crippen LogP contribution in [0.25, 0.3) is 11.6 Å². The molecule has 1 saturated heterocycles. The average molecular weight is 577 g/mol. The number of aromatic nitrogens is 1. The third-order valence-electron chi connectivity index (χ3n) is 5.71. The summed E-state index contributed by atoms with van der Waals surface area (Å²) >= 11 is 5.97. The number of halogens is 3. The standard InChI is InChI=1S/C27H27ClF2N4O4S/c1-18(21-6-8-22(9-7-21)26(36)34-16-27(29,30)17-34)3-10-23(19(2)28)39(37,38)14-13-32-25(35)12-5-20-4-11-24(31)33-15-20/h3-12,15H,2,13-14,16-17H2,1H3,(H2,31,33)(H,32,35)/b12-5+,18-3+,23-10+. The Kier molecular flexibility index (Phi) is 9.41. The Hall–Kier alpha value is -3.83. The number of likely N-dealkylation sites (tertiary alicyclic amines) is 1. The molecule has 2 aromatic rings. The van der Waals surface area contributed by atoms with Crippen LogP contribution in [0.4, 0.5) is 14.6 Å². The molecule has 1 aromatic heterocycles. The first-order chi connectivity index (χ1) is 18.3. The number of rotatable bonds is 10. The van der Waals surface area contributed by atoms with Crippen LogP contribution in [0.3, 0.4) is 0 Å². The first-order valence-corrected chi connectivity index (χ1v) is 13.7. The van der Waals surface area contributed by atoms with E-state index in [0.29, 0.717) is 22.5 Å². The number of nitrogen functional groups attached to an aromatic ring is 1. The van der Waals surface area contributed by atoms with Crippen molar-refractivity contribution in [2.24, 2.45) is 0 Å². The van der Waals surface area contributed by atoms with Crippen molar-refractivity contribution in [3.63, 3.8) is 0 Å². The maximum atomic E-state index is 13.0. The molecule has 2 amide bonds. The normalized spacial score (nSPS) is 15.6. The van der Waals surface area contributed by atoms with Crippen LogP contribution in [-0.2, 0) is 14.6 Å². The molecule has 0 unspecified atom stereocenters. The van der Waals surface area contributed by atoms with Gasteiger partial charge in [-0.15, -0.1) is 0 Å². The van der Waals surface area contributed by atoms with E-state index in [4.69, 9.17) is 17.3 Å². The summed E-state index contributed by atoms with van der Waals surface area (Å²) in [6.07, 6.45) is 7.11. The molecule has 0 bridgehead atoms. The molecule has 1 fully saturated rings. The van der Waals surface area contributed by atoms with Gasteiger partial charge in [-0.1, -0.05) is 36.4 Å². The Morgan fingerprint density at radius 1 is 1.15 bits per heavy atom. The molecule has 0 atom stereocenters. The van der Waals surface area contributed by atoms with Crippen LogP contribution >= 0.6 is 11.6 Å². The van der Waals surface area contributed by atoms with Crippen molar-refractivity contribution in [3.05, 3.63) is 94.0 Å². The van der Waals surface area contributed by atoms with E-state index in [1.54, 1.807) is 31.2 Å². The molecule has 2 heterocycles. The molecular formula is C27H27ClF2N4O4S. The number of hydrogen-bond acceptors (Lipinski definition) is 6. The Bertz CT molecular complexity index is 1440. The lowest BCUT2D eigenvalue weighted by atomic mass is 10.0. The van der Waals surface area contributed by atoms with Crippen molar-refractivity contribution < 1.29 is 26.8 Å². The molecule has 0 spiro atoms. The maximum Gasteiger partial charge on any atom is 0.282 e. The van der Waals surface area contributed by atoms with E-state index < -0.39 is 46.4 Å². The number of nitrogens with one attached hydrogen (secondary N) is 1. The van der Waals surface area contributed by atoms with Gasteiger partial charge in [0.15, 0.2) is 9.84 Å². The van der Waals surface area contributed by atoms with Gasteiger partial charge in [0.05, 0.1) is 28.8 Å². The molecule has 12 heteroatoms. The van der Waals surface area contributed by atoms with Gasteiger partial charge in [0.1, 0.15) is 5.82 Å². The SMILES string of the molecule is C=C(Cl)/C(=C\C=C(/C)c1ccc(C(=O)N2CC(F)(F)C2)cc1)S(=O)(=O)CCNC(=O)/C=C/c1ccc(N)nc1. The summed E-state index contributed by atoms with van der Waals surface area (Å²) in [5.74, 6) is -3.87. The third kappa shape index (κ3) is 8.33. The average Bonchev–Trinajstić information content (AvgIpc) is 2.86. The summed E-state index contributed by atoms with van der Waals surface area (Å²) in [5, 5.41) is 2.32. The van der Waals surface area contributed by atoms with E-state index in [2.05, 4.69) is 16.9 Å². The number of nitrogens with zero attached hydrogens (tertiary/aromatic N) is 2. The van der Waals surface area contributed by atoms with Crippen molar-refractivity contribution in [2.75, 3.05) is 31.1 Å². The van der Waals surface area contributed by atoms with Gasteiger partial charge in [-0.2, -0.15) is 0 Å². The quantitative estimate of drug-likeness (QED) is 0.325. The number of carbonyl (C=O) groups excluding carboxylic acids is 2. The second-order valence-electron chi connectivity index (χ2n) is 8.84. The van der Waals surface area contributed by atoms with Crippen LogP contribution in [0, 0.1) is 0 Å². The minimum atomic E-state index is -3.89. The molecule has 206 valence electrons. The molecular weight excluding hydrogens is 550 g/mol. The van der Waals surface area contributed by atoms with Crippen LogP contribution in [0.15, 0.2) is 77.3 Å². The first kappa shape index (κ1) is 29.7. The Balaban J connectivity index is 1.61. The molecule has 1 aliphatic heterocycles. The van der Waals surface area contributed by atoms with E-state index in [9.17, 15) is 26.8 Å². The minimum absolute atomic E-state index is 0.159. The highest BCUT2D eigenvalue weighted by Crippen LogP contribution is 2.28. The summed E-state index contributed by atoms with van der Waals surface area (Å²) in [7, 11) is -3.89. The van der Waals surface area contributed by atoms with Crippen LogP contribution in [0.2, 0.25) is 0 Å². The van der Waals surface area contributed by atoms with Crippen molar-refractivity contribution in [3.8, 4) is 0 Å². The van der Waals surface area contributed by atoms with Crippen molar-refractivity contribution >= 4 is 50.7 Å². The zero-order valence-electron chi connectivity index (χ0n) is 21.0. The molecule has 0 saturated carbocycles. The fourth-order valence-corrected chi connectivity index (χ4v) is 5.16. The van der Waals surface area contributed by atoms with Gasteiger partial charge in [0.2, 0.25) is 5.91 Å². The number of amides is 2. The third-order valence-corrected chi connectivity index (χ3v) is 7.82. The van der Waals surface area contributed by atoms with E-state index in [1.807, 2.05) is 0 Å². The second-order valence-corrected chi connectivity index (χ2v) is 11.4. The number of allylic oxidation sites excluding steroid dienone is 4. The fourth-order valence-electron chi connectivity index (χ4n) is 3.54. The lowest BCUT2D eigenvalue weighted by Gasteiger charge is -2.38. The number of nitrogens with two attached hydrogens (primary N) is 1. The number of alkyl halides is 2. The number of sulfone groups is 1. The molecule has 3 N–H and O–H groups in total. The van der Waals surface area contributed by atoms with Gasteiger partial charge < -0.3 is 16.0 Å². The molecule has 0 radical (unpaired) electrons. The van der Waals surface area contributed by atoms with Gasteiger partial charge in [-0.25, -0.2) is 22.2 Å². The zero-order valence-corrected chi connectivity index (χ0v) is 22.6. The summed E-state index contributed by atoms with van der Waals surface area (Å²) in [4.78, 5) is 29.1. The van der Waals surface area contributed by atoms with Crippen molar-refractivity contribution in [2.45, 2.75) is 12.8 Å². The van der Waals surface area contributed by atoms with Crippen LogP contribution in [-0.4, -0.2) is 61.4 Å². The molecule has 1 aliphatic rings. The predicted octanol–water partition coefficient (Wildman–Crippen LogP) is 4.04. The van der Waals surface area contributed by atoms with Gasteiger partial charge >= 0.3 is 0 Å². The van der Waals surface area contributed by atoms with Crippen LogP contribution in [0.1, 0.15) is 28.4 Å². The molecule has 39 heavy (non-hydrogen) atoms. The summed E-state index contributed by atoms with van der Waals surface area (Å²) in [5.41, 5.74) is 7.78. The molecule has 3 rings (SSSR count). The van der Waals surface area contributed by atoms with E-state index in [1.165, 1.54) is 42.6 Å². The van der Waals surface area contributed by atoms with Crippen molar-refractivity contribution in [1.29, 1.82) is 0 Å². The summed E-state index contributed by atoms with van der Waals surface area (Å²) in [6.45, 7) is 3.91. The number of pyridine rings is 1. The van der Waals surface area contributed by atoms with Gasteiger partial charge in [-0.3, -0.25) is 9.59 Å². The van der Waals surface area contributed by atoms with Crippen molar-refractivity contribution in [1.82, 2.24) is 15.2 Å². The van der Waals surface area contributed by atoms with Gasteiger partial charge in [0, 0.05) is 24.4 Å². The summed E-state index contributed by atoms with van der Waals surface area (Å²) in [6, 6.07) is 9.59. The zero-order chi connectivity index (χ0) is 28.8. The van der Waals surface area contributed by atoms with Gasteiger partial charge in [-0.05, 0) is 60.0 Å². The predicted molar refractivity (Wildman–Crippen MR) is 148 cm³/mol. The van der Waals surface area contributed by atoms with Crippen LogP contribution < -0.4 is 11.1 Å². The molecule has 0 aliphatic carbocycles. The summed E-state index contributed by atoms with van der Waals surface area (Å²) < 4.78 is 51.8. The van der Waals surface area contributed by atoms with E-state index >= 15 is 0 Å². The Labute approximate surface area is 230 Å². The largest absolute Gasteiger partial charge is 0.384 e. The lowest BCUT2D eigenvalue weighted by Crippen LogP contribution is -2.58. The monoisotopic (exact) mass is 576 g/mol. The highest BCUT2D eigenvalue weighted by Gasteiger charge is 2.46.